The maximum absolute atomic E-state index is 13.5. The molecule has 2 heterocycles. The predicted molar refractivity (Wildman–Crippen MR) is 78.0 cm³/mol. The van der Waals surface area contributed by atoms with Gasteiger partial charge in [-0.1, -0.05) is 23.9 Å². The summed E-state index contributed by atoms with van der Waals surface area (Å²) in [7, 11) is -2.57. The Morgan fingerprint density at radius 1 is 1.00 bits per heavy atom. The maximum atomic E-state index is 13.5. The molecule has 100 valence electrons. The summed E-state index contributed by atoms with van der Waals surface area (Å²) in [6, 6.07) is 0. The fourth-order valence-corrected chi connectivity index (χ4v) is 8.59. The summed E-state index contributed by atoms with van der Waals surface area (Å²) in [6.07, 6.45) is 3.99. The van der Waals surface area contributed by atoms with Crippen LogP contribution in [0.2, 0.25) is 0 Å². The van der Waals surface area contributed by atoms with Crippen molar-refractivity contribution in [2.45, 2.75) is 38.8 Å². The lowest BCUT2D eigenvalue weighted by atomic mass is 10.2. The Morgan fingerprint density at radius 3 is 1.47 bits per heavy atom. The van der Waals surface area contributed by atoms with Crippen LogP contribution in [0.15, 0.2) is 0 Å². The molecule has 0 radical (unpaired) electrons. The molecule has 0 amide bonds. The van der Waals surface area contributed by atoms with Gasteiger partial charge in [-0.05, 0) is 40.2 Å². The molecule has 0 N–H and O–H groups in total. The van der Waals surface area contributed by atoms with Crippen molar-refractivity contribution in [3.05, 3.63) is 0 Å². The summed E-state index contributed by atoms with van der Waals surface area (Å²) in [6.45, 7) is 10.5. The highest BCUT2D eigenvalue weighted by atomic mass is 32.2. The molecule has 7 heteroatoms. The van der Waals surface area contributed by atoms with Gasteiger partial charge in [0.15, 0.2) is 0 Å². The summed E-state index contributed by atoms with van der Waals surface area (Å²) in [4.78, 5) is 0. The number of rotatable bonds is 5. The zero-order valence-electron chi connectivity index (χ0n) is 11.4. The minimum absolute atomic E-state index is 0.0813. The standard InChI is InChI=1S/C10H22N3OPS2/c1-9(2)7-11(9)15(14,13(16-5)17-6)12-8-10(12,3)4/h7-8H2,1-6H3. The average Bonchev–Trinajstić information content (AvgIpc) is 3.05. The molecule has 17 heavy (non-hydrogen) atoms. The lowest BCUT2D eigenvalue weighted by molar-refractivity contribution is 0.454. The van der Waals surface area contributed by atoms with Crippen molar-refractivity contribution in [3.63, 3.8) is 0 Å². The first-order valence-corrected chi connectivity index (χ1v) is 9.68. The van der Waals surface area contributed by atoms with Gasteiger partial charge >= 0.3 is 7.59 Å². The molecule has 2 unspecified atom stereocenters. The lowest BCUT2D eigenvalue weighted by Gasteiger charge is -2.32. The first-order chi connectivity index (χ1) is 7.70. The molecule has 2 rings (SSSR count). The molecule has 0 aliphatic carbocycles. The third kappa shape index (κ3) is 2.21. The van der Waals surface area contributed by atoms with Crippen LogP contribution in [0.5, 0.6) is 0 Å². The van der Waals surface area contributed by atoms with Crippen molar-refractivity contribution in [2.75, 3.05) is 25.6 Å². The highest BCUT2D eigenvalue weighted by Crippen LogP contribution is 2.74. The van der Waals surface area contributed by atoms with E-state index in [2.05, 4.69) is 37.0 Å². The van der Waals surface area contributed by atoms with E-state index in [4.69, 9.17) is 0 Å². The monoisotopic (exact) mass is 295 g/mol. The van der Waals surface area contributed by atoms with Gasteiger partial charge in [0.25, 0.3) is 0 Å². The molecule has 0 aromatic carbocycles. The summed E-state index contributed by atoms with van der Waals surface area (Å²) in [5, 5.41) is 0. The first kappa shape index (κ1) is 14.2. The number of hydrogen-bond acceptors (Lipinski definition) is 3. The molecule has 0 aromatic rings. The van der Waals surface area contributed by atoms with Gasteiger partial charge in [0.05, 0.1) is 0 Å². The summed E-state index contributed by atoms with van der Waals surface area (Å²) in [5.74, 6) is 0. The Bertz CT molecular complexity index is 336. The van der Waals surface area contributed by atoms with Crippen molar-refractivity contribution in [3.8, 4) is 0 Å². The van der Waals surface area contributed by atoms with Gasteiger partial charge in [0.2, 0.25) is 0 Å². The molecule has 2 atom stereocenters. The van der Waals surface area contributed by atoms with Gasteiger partial charge in [-0.25, -0.2) is 9.34 Å². The topological polar surface area (TPSA) is 26.3 Å². The van der Waals surface area contributed by atoms with Gasteiger partial charge in [-0.2, -0.15) is 0 Å². The smallest absolute Gasteiger partial charge is 0.268 e. The predicted octanol–water partition coefficient (Wildman–Crippen LogP) is 3.14. The van der Waals surface area contributed by atoms with E-state index in [0.717, 1.165) is 13.1 Å². The van der Waals surface area contributed by atoms with Crippen molar-refractivity contribution < 1.29 is 4.57 Å². The Kier molecular flexibility index (Phi) is 3.47. The highest BCUT2D eigenvalue weighted by Gasteiger charge is 2.66. The van der Waals surface area contributed by atoms with Crippen LogP contribution in [0.1, 0.15) is 27.7 Å². The molecule has 0 saturated carbocycles. The molecule has 0 spiro atoms. The molecule has 4 nitrogen and oxygen atoms in total. The maximum Gasteiger partial charge on any atom is 0.307 e. The van der Waals surface area contributed by atoms with Crippen LogP contribution in [-0.4, -0.2) is 49.5 Å². The zero-order valence-corrected chi connectivity index (χ0v) is 14.0. The first-order valence-electron chi connectivity index (χ1n) is 5.75. The third-order valence-electron chi connectivity index (χ3n) is 3.42. The van der Waals surface area contributed by atoms with Gasteiger partial charge in [0.1, 0.15) is 0 Å². The molecule has 0 bridgehead atoms. The van der Waals surface area contributed by atoms with E-state index in [1.54, 1.807) is 23.9 Å². The van der Waals surface area contributed by atoms with Crippen molar-refractivity contribution in [1.82, 2.24) is 12.8 Å². The summed E-state index contributed by atoms with van der Waals surface area (Å²) >= 11 is 3.13. The zero-order chi connectivity index (χ0) is 13.1. The Balaban J connectivity index is 2.28. The summed E-state index contributed by atoms with van der Waals surface area (Å²) in [5.41, 5.74) is 0.163. The summed E-state index contributed by atoms with van der Waals surface area (Å²) < 4.78 is 19.8. The molecule has 2 saturated heterocycles. The highest BCUT2D eigenvalue weighted by molar-refractivity contribution is 8.17. The van der Waals surface area contributed by atoms with Crippen molar-refractivity contribution in [1.29, 1.82) is 0 Å². The van der Waals surface area contributed by atoms with Crippen LogP contribution in [0, 0.1) is 0 Å². The van der Waals surface area contributed by atoms with Crippen LogP contribution in [-0.2, 0) is 4.57 Å². The van der Waals surface area contributed by atoms with Gasteiger partial charge in [-0.3, -0.25) is 4.57 Å². The lowest BCUT2D eigenvalue weighted by Crippen LogP contribution is -2.23. The van der Waals surface area contributed by atoms with E-state index in [-0.39, 0.29) is 11.1 Å². The number of nitrogens with zero attached hydrogens (tertiary/aromatic N) is 3. The Hall–Kier alpha value is 0.810. The number of hydrogen-bond donors (Lipinski definition) is 0. The second-order valence-electron chi connectivity index (χ2n) is 5.86. The van der Waals surface area contributed by atoms with Gasteiger partial charge in [-0.15, -0.1) is 3.48 Å². The molecule has 2 fully saturated rings. The van der Waals surface area contributed by atoms with Crippen molar-refractivity contribution >= 4 is 31.5 Å². The normalized spacial score (nSPS) is 36.6. The van der Waals surface area contributed by atoms with E-state index < -0.39 is 7.59 Å². The van der Waals surface area contributed by atoms with E-state index in [1.807, 2.05) is 16.0 Å². The Morgan fingerprint density at radius 2 is 1.29 bits per heavy atom. The van der Waals surface area contributed by atoms with Crippen LogP contribution in [0.3, 0.4) is 0 Å². The molecular formula is C10H22N3OPS2. The SMILES string of the molecule is CSN(SC)P(=O)(N1CC1(C)C)N1CC1(C)C. The van der Waals surface area contributed by atoms with E-state index >= 15 is 0 Å². The molecule has 2 aliphatic heterocycles. The average molecular weight is 295 g/mol. The van der Waals surface area contributed by atoms with Gasteiger partial charge in [0, 0.05) is 24.2 Å². The van der Waals surface area contributed by atoms with Crippen molar-refractivity contribution in [2.24, 2.45) is 0 Å². The van der Waals surface area contributed by atoms with Crippen LogP contribution < -0.4 is 0 Å². The largest absolute Gasteiger partial charge is 0.307 e. The van der Waals surface area contributed by atoms with Crippen LogP contribution in [0.25, 0.3) is 0 Å². The third-order valence-corrected chi connectivity index (χ3v) is 10.2. The minimum Gasteiger partial charge on any atom is -0.268 e. The van der Waals surface area contributed by atoms with E-state index in [0.29, 0.717) is 0 Å². The van der Waals surface area contributed by atoms with E-state index in [9.17, 15) is 4.57 Å². The second kappa shape index (κ2) is 4.15. The van der Waals surface area contributed by atoms with Crippen LogP contribution >= 0.6 is 31.5 Å². The van der Waals surface area contributed by atoms with E-state index in [1.165, 1.54) is 0 Å². The second-order valence-corrected chi connectivity index (χ2v) is 10.5. The quantitative estimate of drug-likeness (QED) is 0.439. The minimum atomic E-state index is -2.57. The van der Waals surface area contributed by atoms with Gasteiger partial charge < -0.3 is 0 Å². The molecule has 2 aliphatic rings. The molecule has 0 aromatic heterocycles. The Labute approximate surface area is 113 Å². The molecular weight excluding hydrogens is 273 g/mol. The van der Waals surface area contributed by atoms with Crippen LogP contribution in [0.4, 0.5) is 0 Å². The fraction of sp³-hybridized carbons (Fsp3) is 1.00. The fourth-order valence-electron chi connectivity index (χ4n) is 2.15.